The molecule has 2 aromatic rings. The number of hydrogen-bond acceptors (Lipinski definition) is 3. The Kier molecular flexibility index (Phi) is 4.31. The zero-order valence-electron chi connectivity index (χ0n) is 14.8. The summed E-state index contributed by atoms with van der Waals surface area (Å²) >= 11 is 0. The van der Waals surface area contributed by atoms with Gasteiger partial charge in [-0.25, -0.2) is 0 Å². The predicted octanol–water partition coefficient (Wildman–Crippen LogP) is 4.02. The lowest BCUT2D eigenvalue weighted by atomic mass is 9.78. The fourth-order valence-electron chi connectivity index (χ4n) is 4.68. The zero-order valence-corrected chi connectivity index (χ0v) is 14.8. The first-order valence-corrected chi connectivity index (χ1v) is 9.45. The highest BCUT2D eigenvalue weighted by Crippen LogP contribution is 2.45. The van der Waals surface area contributed by atoms with Crippen molar-refractivity contribution in [2.24, 2.45) is 0 Å². The second-order valence-electron chi connectivity index (χ2n) is 7.23. The smallest absolute Gasteiger partial charge is 0.0653 e. The van der Waals surface area contributed by atoms with Gasteiger partial charge in [0.25, 0.3) is 0 Å². The number of hydrogen-bond donors (Lipinski definition) is 2. The van der Waals surface area contributed by atoms with Gasteiger partial charge in [-0.2, -0.15) is 5.10 Å². The summed E-state index contributed by atoms with van der Waals surface area (Å²) in [5.74, 6) is 0.660. The number of nitrogens with one attached hydrogen (secondary N) is 2. The second kappa shape index (κ2) is 6.60. The molecule has 0 spiro atoms. The van der Waals surface area contributed by atoms with Crippen LogP contribution in [0.5, 0.6) is 0 Å². The molecule has 1 aliphatic heterocycles. The Morgan fingerprint density at radius 1 is 1.17 bits per heavy atom. The molecule has 0 saturated heterocycles. The number of nitrogens with zero attached hydrogens (tertiary/aromatic N) is 2. The van der Waals surface area contributed by atoms with Crippen LogP contribution in [0.3, 0.4) is 0 Å². The summed E-state index contributed by atoms with van der Waals surface area (Å²) in [6.45, 7) is 8.12. The minimum absolute atomic E-state index is 0.660. The van der Waals surface area contributed by atoms with Gasteiger partial charge in [0.15, 0.2) is 0 Å². The summed E-state index contributed by atoms with van der Waals surface area (Å²) < 4.78 is 0. The summed E-state index contributed by atoms with van der Waals surface area (Å²) in [4.78, 5) is 2.73. The van der Waals surface area contributed by atoms with E-state index in [1.165, 1.54) is 43.6 Å². The summed E-state index contributed by atoms with van der Waals surface area (Å²) in [6, 6.07) is 7.28. The first-order chi connectivity index (χ1) is 11.8. The summed E-state index contributed by atoms with van der Waals surface area (Å²) in [5, 5.41) is 11.0. The van der Waals surface area contributed by atoms with Crippen LogP contribution in [-0.2, 0) is 6.42 Å². The topological polar surface area (TPSA) is 44.0 Å². The monoisotopic (exact) mass is 324 g/mol. The van der Waals surface area contributed by atoms with E-state index >= 15 is 0 Å². The third kappa shape index (κ3) is 2.63. The largest absolute Gasteiger partial charge is 0.384 e. The van der Waals surface area contributed by atoms with Crippen molar-refractivity contribution in [1.82, 2.24) is 15.1 Å². The molecule has 1 aliphatic carbocycles. The van der Waals surface area contributed by atoms with Crippen molar-refractivity contribution in [3.8, 4) is 11.3 Å². The van der Waals surface area contributed by atoms with Crippen LogP contribution in [-0.4, -0.2) is 40.8 Å². The molecule has 0 fully saturated rings. The number of aromatic nitrogens is 2. The number of aromatic amines is 1. The Morgan fingerprint density at radius 3 is 2.71 bits per heavy atom. The normalized spacial score (nSPS) is 21.8. The minimum atomic E-state index is 0.660. The van der Waals surface area contributed by atoms with Gasteiger partial charge in [-0.15, -0.1) is 0 Å². The number of rotatable bonds is 6. The number of benzene rings is 1. The molecular formula is C20H28N4. The van der Waals surface area contributed by atoms with E-state index in [-0.39, 0.29) is 0 Å². The van der Waals surface area contributed by atoms with Crippen LogP contribution in [0.1, 0.15) is 50.2 Å². The summed E-state index contributed by atoms with van der Waals surface area (Å²) in [5.41, 5.74) is 6.97. The molecule has 0 amide bonds. The van der Waals surface area contributed by atoms with Crippen molar-refractivity contribution in [2.45, 2.75) is 51.5 Å². The molecule has 24 heavy (non-hydrogen) atoms. The molecule has 2 heterocycles. The van der Waals surface area contributed by atoms with Crippen molar-refractivity contribution < 1.29 is 0 Å². The number of H-pyrrole nitrogens is 1. The van der Waals surface area contributed by atoms with E-state index in [9.17, 15) is 0 Å². The molecule has 2 aliphatic rings. The van der Waals surface area contributed by atoms with Crippen LogP contribution in [0.4, 0.5) is 5.69 Å². The highest BCUT2D eigenvalue weighted by Gasteiger charge is 2.36. The van der Waals surface area contributed by atoms with E-state index in [0.29, 0.717) is 12.0 Å². The van der Waals surface area contributed by atoms with Gasteiger partial charge in [0.05, 0.1) is 5.69 Å². The minimum Gasteiger partial charge on any atom is -0.384 e. The van der Waals surface area contributed by atoms with Gasteiger partial charge in [0.1, 0.15) is 0 Å². The fourth-order valence-corrected chi connectivity index (χ4v) is 4.68. The highest BCUT2D eigenvalue weighted by atomic mass is 15.2. The van der Waals surface area contributed by atoms with Crippen LogP contribution in [0.15, 0.2) is 24.4 Å². The molecule has 4 heteroatoms. The predicted molar refractivity (Wildman–Crippen MR) is 99.5 cm³/mol. The molecule has 0 bridgehead atoms. The third-order valence-corrected chi connectivity index (χ3v) is 5.63. The average molecular weight is 324 g/mol. The molecule has 4 rings (SSSR count). The lowest BCUT2D eigenvalue weighted by Gasteiger charge is -2.37. The Hall–Kier alpha value is -1.81. The lowest BCUT2D eigenvalue weighted by Crippen LogP contribution is -2.41. The molecule has 4 nitrogen and oxygen atoms in total. The second-order valence-corrected chi connectivity index (χ2v) is 7.23. The molecule has 2 N–H and O–H groups in total. The molecule has 2 atom stereocenters. The molecule has 128 valence electrons. The van der Waals surface area contributed by atoms with E-state index in [4.69, 9.17) is 0 Å². The van der Waals surface area contributed by atoms with Crippen molar-refractivity contribution >= 4 is 5.69 Å². The van der Waals surface area contributed by atoms with Crippen LogP contribution in [0, 0.1) is 0 Å². The Balaban J connectivity index is 1.73. The first-order valence-electron chi connectivity index (χ1n) is 9.45. The van der Waals surface area contributed by atoms with E-state index in [1.54, 1.807) is 11.1 Å². The zero-order chi connectivity index (χ0) is 16.5. The van der Waals surface area contributed by atoms with Crippen LogP contribution >= 0.6 is 0 Å². The van der Waals surface area contributed by atoms with Gasteiger partial charge < -0.3 is 10.2 Å². The summed E-state index contributed by atoms with van der Waals surface area (Å²) in [7, 11) is 0. The van der Waals surface area contributed by atoms with Crippen molar-refractivity contribution in [1.29, 1.82) is 0 Å². The van der Waals surface area contributed by atoms with E-state index in [0.717, 1.165) is 18.7 Å². The molecular weight excluding hydrogens is 296 g/mol. The maximum Gasteiger partial charge on any atom is 0.0653 e. The van der Waals surface area contributed by atoms with Gasteiger partial charge in [-0.05, 0) is 62.0 Å². The van der Waals surface area contributed by atoms with Crippen LogP contribution in [0.2, 0.25) is 0 Å². The fraction of sp³-hybridized carbons (Fsp3) is 0.550. The maximum absolute atomic E-state index is 4.17. The van der Waals surface area contributed by atoms with Crippen molar-refractivity contribution in [2.75, 3.05) is 25.0 Å². The van der Waals surface area contributed by atoms with E-state index in [1.807, 2.05) is 6.20 Å². The van der Waals surface area contributed by atoms with Crippen LogP contribution in [0.25, 0.3) is 11.3 Å². The Labute approximate surface area is 144 Å². The lowest BCUT2D eigenvalue weighted by molar-refractivity contribution is 0.173. The van der Waals surface area contributed by atoms with Gasteiger partial charge in [0, 0.05) is 36.0 Å². The standard InChI is InChI=1S/C20H28N4/c1-3-9-24(10-4-2)15-11-14-13-21-19-6-5-16(17(12-15)20(14)19)18-7-8-22-23-18/h5-8,14-15,21H,3-4,9-13H2,1-2H3,(H,22,23)/t14-,15-/m1/s1. The molecule has 1 aromatic heterocycles. The highest BCUT2D eigenvalue weighted by molar-refractivity contribution is 5.74. The maximum atomic E-state index is 4.17. The first kappa shape index (κ1) is 15.7. The Bertz CT molecular complexity index is 686. The van der Waals surface area contributed by atoms with Gasteiger partial charge >= 0.3 is 0 Å². The van der Waals surface area contributed by atoms with Crippen LogP contribution < -0.4 is 5.32 Å². The molecule has 0 unspecified atom stereocenters. The van der Waals surface area contributed by atoms with Crippen molar-refractivity contribution in [3.63, 3.8) is 0 Å². The quantitative estimate of drug-likeness (QED) is 0.843. The van der Waals surface area contributed by atoms with E-state index < -0.39 is 0 Å². The van der Waals surface area contributed by atoms with Crippen molar-refractivity contribution in [3.05, 3.63) is 35.5 Å². The van der Waals surface area contributed by atoms with Gasteiger partial charge in [0.2, 0.25) is 0 Å². The number of anilines is 1. The van der Waals surface area contributed by atoms with E-state index in [2.05, 4.69) is 52.5 Å². The van der Waals surface area contributed by atoms with Gasteiger partial charge in [-0.3, -0.25) is 5.10 Å². The SMILES string of the molecule is CCCN(CCC)[C@H]1Cc2c(-c3ccn[nH]3)ccc3c2[C@@H](CN3)C1. The average Bonchev–Trinajstić information content (AvgIpc) is 3.26. The van der Waals surface area contributed by atoms with Gasteiger partial charge in [-0.1, -0.05) is 19.9 Å². The molecule has 0 radical (unpaired) electrons. The molecule has 0 saturated carbocycles. The third-order valence-electron chi connectivity index (χ3n) is 5.63. The molecule has 1 aromatic carbocycles. The Morgan fingerprint density at radius 2 is 2.00 bits per heavy atom. The summed E-state index contributed by atoms with van der Waals surface area (Å²) in [6.07, 6.45) is 6.78.